The Labute approximate surface area is 185 Å². The predicted molar refractivity (Wildman–Crippen MR) is 118 cm³/mol. The molecule has 0 aliphatic heterocycles. The van der Waals surface area contributed by atoms with E-state index >= 15 is 0 Å². The number of carboxylic acid groups (broad SMARTS) is 1. The zero-order chi connectivity index (χ0) is 23.5. The summed E-state index contributed by atoms with van der Waals surface area (Å²) in [5.74, 6) is -0.472. The number of guanidine groups is 1. The molecule has 7 N–H and O–H groups in total. The lowest BCUT2D eigenvalue weighted by Crippen LogP contribution is -2.41. The summed E-state index contributed by atoms with van der Waals surface area (Å²) in [6.45, 7) is 1.98. The topological polar surface area (TPSA) is 199 Å². The molecule has 0 aliphatic carbocycles. The number of alkyl carbamates (subject to hydrolysis) is 1. The number of rotatable bonds is 13. The molecule has 0 aromatic carbocycles. The quantitative estimate of drug-likeness (QED) is 0.138. The number of imidazole rings is 1. The molecule has 0 unspecified atom stereocenters. The van der Waals surface area contributed by atoms with E-state index in [9.17, 15) is 14.7 Å². The van der Waals surface area contributed by atoms with Crippen molar-refractivity contribution < 1.29 is 19.4 Å². The van der Waals surface area contributed by atoms with Gasteiger partial charge in [-0.2, -0.15) is 0 Å². The second-order valence-corrected chi connectivity index (χ2v) is 7.07. The second-order valence-electron chi connectivity index (χ2n) is 7.07. The summed E-state index contributed by atoms with van der Waals surface area (Å²) < 4.78 is 6.94. The number of nitrogens with zero attached hydrogens (tertiary/aromatic N) is 6. The van der Waals surface area contributed by atoms with Crippen molar-refractivity contribution in [2.45, 2.75) is 25.4 Å². The zero-order valence-electron chi connectivity index (χ0n) is 18.2. The molecule has 1 atom stereocenters. The van der Waals surface area contributed by atoms with Gasteiger partial charge in [-0.1, -0.05) is 0 Å². The molecule has 1 amide bonds. The van der Waals surface area contributed by atoms with Crippen LogP contribution >= 0.6 is 0 Å². The predicted octanol–water partition coefficient (Wildman–Crippen LogP) is -1.29. The molecular formula is C18H30N10O4. The van der Waals surface area contributed by atoms with Crippen LogP contribution in [0.15, 0.2) is 17.6 Å². The van der Waals surface area contributed by atoms with Gasteiger partial charge in [0.05, 0.1) is 6.33 Å². The van der Waals surface area contributed by atoms with Crippen LogP contribution in [0.4, 0.5) is 10.6 Å². The molecule has 14 heteroatoms. The number of ether oxygens (including phenoxy) is 1. The Hall–Kier alpha value is -3.68. The molecule has 2 heterocycles. The number of aliphatic imine (C=N–C) groups is 1. The molecule has 2 aromatic heterocycles. The molecule has 2 rings (SSSR count). The molecule has 176 valence electrons. The molecular weight excluding hydrogens is 420 g/mol. The number of aromatic nitrogens is 4. The third-order valence-electron chi connectivity index (χ3n) is 4.38. The van der Waals surface area contributed by atoms with E-state index in [0.29, 0.717) is 26.1 Å². The summed E-state index contributed by atoms with van der Waals surface area (Å²) in [4.78, 5) is 41.6. The molecule has 0 aliphatic rings. The maximum atomic E-state index is 11.8. The van der Waals surface area contributed by atoms with Crippen LogP contribution in [0.3, 0.4) is 0 Å². The number of fused-ring (bicyclic) bond motifs is 1. The maximum Gasteiger partial charge on any atom is 0.407 e. The number of nitrogens with one attached hydrogen (secondary N) is 2. The molecule has 0 saturated heterocycles. The minimum atomic E-state index is -1.15. The van der Waals surface area contributed by atoms with Crippen molar-refractivity contribution in [3.63, 3.8) is 0 Å². The SMILES string of the molecule is CN(C)c1ncnc2c1ncn2CCNCCOC(=O)N[C@@H](CCCN=C(N)N)C(=O)O. The Morgan fingerprint density at radius 2 is 2.06 bits per heavy atom. The van der Waals surface area contributed by atoms with Crippen molar-refractivity contribution in [3.05, 3.63) is 12.7 Å². The molecule has 0 fully saturated rings. The number of nitrogens with two attached hydrogens (primary N) is 2. The van der Waals surface area contributed by atoms with Crippen molar-refractivity contribution in [3.8, 4) is 0 Å². The number of carbonyl (C=O) groups excluding carboxylic acids is 1. The number of aliphatic carboxylic acids is 1. The minimum absolute atomic E-state index is 0.0652. The van der Waals surface area contributed by atoms with Gasteiger partial charge in [-0.3, -0.25) is 4.99 Å². The molecule has 14 nitrogen and oxygen atoms in total. The number of hydrogen-bond donors (Lipinski definition) is 5. The standard InChI is InChI=1S/C18H30N10O4/c1-27(2)14-13-15(24-10-23-14)28(11-25-13)8-6-21-7-9-32-18(31)26-12(16(29)30)4-3-5-22-17(19)20/h10-12,21H,3-9H2,1-2H3,(H,26,31)(H,29,30)(H4,19,20,22)/t12-/m0/s1. The Balaban J connectivity index is 1.67. The summed E-state index contributed by atoms with van der Waals surface area (Å²) in [6, 6.07) is -1.08. The summed E-state index contributed by atoms with van der Waals surface area (Å²) in [5, 5.41) is 14.7. The smallest absolute Gasteiger partial charge is 0.407 e. The normalized spacial score (nSPS) is 11.7. The highest BCUT2D eigenvalue weighted by molar-refractivity contribution is 5.83. The van der Waals surface area contributed by atoms with Crippen LogP contribution < -0.4 is 27.0 Å². The van der Waals surface area contributed by atoms with Gasteiger partial charge in [0.2, 0.25) is 0 Å². The van der Waals surface area contributed by atoms with Crippen LogP contribution in [0.2, 0.25) is 0 Å². The highest BCUT2D eigenvalue weighted by atomic mass is 16.5. The van der Waals surface area contributed by atoms with Gasteiger partial charge in [0.1, 0.15) is 19.0 Å². The van der Waals surface area contributed by atoms with E-state index in [4.69, 9.17) is 16.2 Å². The Kier molecular flexibility index (Phi) is 9.41. The number of amides is 1. The van der Waals surface area contributed by atoms with Crippen molar-refractivity contribution in [2.75, 3.05) is 45.2 Å². The lowest BCUT2D eigenvalue weighted by molar-refractivity contribution is -0.139. The number of anilines is 1. The van der Waals surface area contributed by atoms with Crippen LogP contribution in [0.1, 0.15) is 12.8 Å². The van der Waals surface area contributed by atoms with Crippen LogP contribution in [-0.2, 0) is 16.1 Å². The van der Waals surface area contributed by atoms with E-state index in [2.05, 4.69) is 30.6 Å². The molecule has 0 radical (unpaired) electrons. The van der Waals surface area contributed by atoms with Crippen LogP contribution in [-0.4, -0.2) is 89.0 Å². The monoisotopic (exact) mass is 450 g/mol. The zero-order valence-corrected chi connectivity index (χ0v) is 18.2. The maximum absolute atomic E-state index is 11.8. The van der Waals surface area contributed by atoms with E-state index in [-0.39, 0.29) is 25.5 Å². The van der Waals surface area contributed by atoms with E-state index in [1.807, 2.05) is 23.6 Å². The molecule has 32 heavy (non-hydrogen) atoms. The minimum Gasteiger partial charge on any atom is -0.480 e. The number of carbonyl (C=O) groups is 2. The first-order chi connectivity index (χ1) is 15.3. The second kappa shape index (κ2) is 12.2. The van der Waals surface area contributed by atoms with Crippen molar-refractivity contribution in [2.24, 2.45) is 16.5 Å². The summed E-state index contributed by atoms with van der Waals surface area (Å²) in [5.41, 5.74) is 11.9. The van der Waals surface area contributed by atoms with Gasteiger partial charge in [0.25, 0.3) is 0 Å². The van der Waals surface area contributed by atoms with E-state index in [1.165, 1.54) is 6.33 Å². The van der Waals surface area contributed by atoms with Gasteiger partial charge < -0.3 is 41.4 Å². The molecule has 2 aromatic rings. The molecule has 0 bridgehead atoms. The first-order valence-electron chi connectivity index (χ1n) is 10.0. The Morgan fingerprint density at radius 1 is 1.28 bits per heavy atom. The van der Waals surface area contributed by atoms with Crippen molar-refractivity contribution in [1.29, 1.82) is 0 Å². The largest absolute Gasteiger partial charge is 0.480 e. The van der Waals surface area contributed by atoms with Crippen molar-refractivity contribution >= 4 is 35.0 Å². The van der Waals surface area contributed by atoms with Crippen LogP contribution in [0, 0.1) is 0 Å². The van der Waals surface area contributed by atoms with Crippen molar-refractivity contribution in [1.82, 2.24) is 30.2 Å². The third kappa shape index (κ3) is 7.54. The first kappa shape index (κ1) is 24.6. The molecule has 0 saturated carbocycles. The highest BCUT2D eigenvalue weighted by Crippen LogP contribution is 2.18. The summed E-state index contributed by atoms with van der Waals surface area (Å²) in [7, 11) is 3.79. The average Bonchev–Trinajstić information content (AvgIpc) is 3.15. The average molecular weight is 451 g/mol. The molecule has 0 spiro atoms. The lowest BCUT2D eigenvalue weighted by atomic mass is 10.1. The Morgan fingerprint density at radius 3 is 2.75 bits per heavy atom. The summed E-state index contributed by atoms with van der Waals surface area (Å²) in [6.07, 6.45) is 2.99. The first-order valence-corrected chi connectivity index (χ1v) is 10.0. The van der Waals surface area contributed by atoms with Gasteiger partial charge in [-0.15, -0.1) is 0 Å². The fraction of sp³-hybridized carbons (Fsp3) is 0.556. The van der Waals surface area contributed by atoms with E-state index < -0.39 is 18.1 Å². The summed E-state index contributed by atoms with van der Waals surface area (Å²) >= 11 is 0. The number of carboxylic acids is 1. The lowest BCUT2D eigenvalue weighted by Gasteiger charge is -2.14. The van der Waals surface area contributed by atoms with Gasteiger partial charge in [-0.05, 0) is 12.8 Å². The van der Waals surface area contributed by atoms with Gasteiger partial charge in [-0.25, -0.2) is 24.5 Å². The van der Waals surface area contributed by atoms with E-state index in [0.717, 1.165) is 17.0 Å². The fourth-order valence-electron chi connectivity index (χ4n) is 2.84. The van der Waals surface area contributed by atoms with Crippen LogP contribution in [0.5, 0.6) is 0 Å². The van der Waals surface area contributed by atoms with Gasteiger partial charge in [0.15, 0.2) is 22.9 Å². The van der Waals surface area contributed by atoms with Crippen LogP contribution in [0.25, 0.3) is 11.2 Å². The number of hydrogen-bond acceptors (Lipinski definition) is 9. The van der Waals surface area contributed by atoms with E-state index in [1.54, 1.807) is 6.33 Å². The third-order valence-corrected chi connectivity index (χ3v) is 4.38. The Bertz CT molecular complexity index is 926. The fourth-order valence-corrected chi connectivity index (χ4v) is 2.84. The van der Waals surface area contributed by atoms with Gasteiger partial charge >= 0.3 is 12.1 Å². The highest BCUT2D eigenvalue weighted by Gasteiger charge is 2.20. The van der Waals surface area contributed by atoms with Gasteiger partial charge in [0, 0.05) is 40.3 Å².